The average molecular weight is 309 g/mol. The van der Waals surface area contributed by atoms with Crippen molar-refractivity contribution in [2.24, 2.45) is 0 Å². The molecule has 0 aliphatic heterocycles. The Hall–Kier alpha value is -0.660. The van der Waals surface area contributed by atoms with Crippen molar-refractivity contribution in [2.45, 2.75) is 4.90 Å². The molecule has 0 fully saturated rings. The summed E-state index contributed by atoms with van der Waals surface area (Å²) in [6.45, 7) is 0. The molecule has 5 nitrogen and oxygen atoms in total. The SMILES string of the molecule is O=C([O-])c1ccccc1S(=O)(=O)O.[Ag+]. The van der Waals surface area contributed by atoms with Gasteiger partial charge in [-0.15, -0.1) is 0 Å². The van der Waals surface area contributed by atoms with Gasteiger partial charge in [0.1, 0.15) is 4.90 Å². The van der Waals surface area contributed by atoms with Crippen LogP contribution in [0.3, 0.4) is 0 Å². The van der Waals surface area contributed by atoms with Crippen molar-refractivity contribution in [3.8, 4) is 0 Å². The summed E-state index contributed by atoms with van der Waals surface area (Å²) >= 11 is 0. The number of aromatic carboxylic acids is 1. The van der Waals surface area contributed by atoms with Gasteiger partial charge in [-0.1, -0.05) is 18.2 Å². The van der Waals surface area contributed by atoms with E-state index in [9.17, 15) is 18.3 Å². The van der Waals surface area contributed by atoms with E-state index in [1.165, 1.54) is 12.1 Å². The molecule has 14 heavy (non-hydrogen) atoms. The number of carbonyl (C=O) groups excluding carboxylic acids is 1. The average Bonchev–Trinajstić information content (AvgIpc) is 2.03. The van der Waals surface area contributed by atoms with Crippen LogP contribution in [0, 0.1) is 0 Å². The van der Waals surface area contributed by atoms with E-state index < -0.39 is 26.5 Å². The fraction of sp³-hybridized carbons (Fsp3) is 0. The molecule has 0 heterocycles. The van der Waals surface area contributed by atoms with E-state index in [1.54, 1.807) is 0 Å². The van der Waals surface area contributed by atoms with Crippen LogP contribution in [-0.4, -0.2) is 18.9 Å². The van der Waals surface area contributed by atoms with Crippen molar-refractivity contribution in [2.75, 3.05) is 0 Å². The number of hydrogen-bond donors (Lipinski definition) is 1. The first-order valence-electron chi connectivity index (χ1n) is 3.21. The summed E-state index contributed by atoms with van der Waals surface area (Å²) < 4.78 is 29.8. The second-order valence-electron chi connectivity index (χ2n) is 2.26. The summed E-state index contributed by atoms with van der Waals surface area (Å²) in [7, 11) is -4.50. The number of rotatable bonds is 2. The third kappa shape index (κ3) is 2.93. The van der Waals surface area contributed by atoms with Gasteiger partial charge in [-0.3, -0.25) is 4.55 Å². The Morgan fingerprint density at radius 3 is 2.14 bits per heavy atom. The summed E-state index contributed by atoms with van der Waals surface area (Å²) in [5, 5.41) is 10.4. The van der Waals surface area contributed by atoms with E-state index >= 15 is 0 Å². The van der Waals surface area contributed by atoms with Crippen molar-refractivity contribution in [1.29, 1.82) is 0 Å². The van der Waals surface area contributed by atoms with Crippen LogP contribution < -0.4 is 5.11 Å². The largest absolute Gasteiger partial charge is 1.00 e. The molecule has 0 aliphatic carbocycles. The Balaban J connectivity index is 0.00000169. The predicted octanol–water partition coefficient (Wildman–Crippen LogP) is -0.706. The number of hydrogen-bond acceptors (Lipinski definition) is 4. The molecule has 0 saturated heterocycles. The third-order valence-corrected chi connectivity index (χ3v) is 2.30. The standard InChI is InChI=1S/C7H6O5S.Ag/c8-7(9)5-3-1-2-4-6(5)13(10,11)12;/h1-4H,(H,8,9)(H,10,11,12);/q;+1/p-1. The molecule has 0 aromatic heterocycles. The molecule has 1 rings (SSSR count). The van der Waals surface area contributed by atoms with Crippen molar-refractivity contribution in [1.82, 2.24) is 0 Å². The number of benzene rings is 1. The zero-order valence-corrected chi connectivity index (χ0v) is 8.90. The topological polar surface area (TPSA) is 94.5 Å². The van der Waals surface area contributed by atoms with Gasteiger partial charge in [0.25, 0.3) is 10.1 Å². The zero-order chi connectivity index (χ0) is 10.1. The fourth-order valence-electron chi connectivity index (χ4n) is 0.860. The summed E-state index contributed by atoms with van der Waals surface area (Å²) in [4.78, 5) is 9.72. The minimum Gasteiger partial charge on any atom is -0.545 e. The molecular formula is C7H5AgO5S. The fourth-order valence-corrected chi connectivity index (χ4v) is 1.54. The molecule has 0 spiro atoms. The van der Waals surface area contributed by atoms with Gasteiger partial charge in [-0.2, -0.15) is 8.42 Å². The molecule has 0 atom stereocenters. The van der Waals surface area contributed by atoms with Crippen molar-refractivity contribution < 1.29 is 45.3 Å². The van der Waals surface area contributed by atoms with Gasteiger partial charge in [0, 0.05) is 5.56 Å². The van der Waals surface area contributed by atoms with E-state index in [1.807, 2.05) is 0 Å². The molecule has 80 valence electrons. The Morgan fingerprint density at radius 1 is 1.29 bits per heavy atom. The first-order valence-corrected chi connectivity index (χ1v) is 4.65. The van der Waals surface area contributed by atoms with E-state index in [0.717, 1.165) is 12.1 Å². The summed E-state index contributed by atoms with van der Waals surface area (Å²) in [6, 6.07) is 4.66. The minimum atomic E-state index is -4.50. The monoisotopic (exact) mass is 308 g/mol. The Bertz CT molecular complexity index is 439. The molecule has 0 radical (unpaired) electrons. The Morgan fingerprint density at radius 2 is 1.79 bits per heavy atom. The number of carboxylic acid groups (broad SMARTS) is 1. The van der Waals surface area contributed by atoms with Crippen molar-refractivity contribution in [3.63, 3.8) is 0 Å². The second kappa shape index (κ2) is 4.72. The van der Waals surface area contributed by atoms with Gasteiger partial charge < -0.3 is 9.90 Å². The van der Waals surface area contributed by atoms with Gasteiger partial charge in [-0.05, 0) is 6.07 Å². The number of carbonyl (C=O) groups is 1. The molecule has 1 aromatic rings. The van der Waals surface area contributed by atoms with Crippen molar-refractivity contribution in [3.05, 3.63) is 29.8 Å². The first kappa shape index (κ1) is 13.3. The van der Waals surface area contributed by atoms with Gasteiger partial charge >= 0.3 is 22.4 Å². The van der Waals surface area contributed by atoms with Crippen LogP contribution in [0.25, 0.3) is 0 Å². The minimum absolute atomic E-state index is 0. The number of carboxylic acids is 1. The van der Waals surface area contributed by atoms with Crippen LogP contribution in [-0.2, 0) is 32.5 Å². The summed E-state index contributed by atoms with van der Waals surface area (Å²) in [5.74, 6) is -1.65. The molecule has 0 aliphatic rings. The molecule has 0 bridgehead atoms. The first-order chi connectivity index (χ1) is 5.93. The van der Waals surface area contributed by atoms with Crippen LogP contribution in [0.2, 0.25) is 0 Å². The van der Waals surface area contributed by atoms with E-state index in [0.29, 0.717) is 0 Å². The van der Waals surface area contributed by atoms with Gasteiger partial charge in [0.05, 0.1) is 5.97 Å². The van der Waals surface area contributed by atoms with Crippen LogP contribution in [0.1, 0.15) is 10.4 Å². The molecule has 0 amide bonds. The maximum Gasteiger partial charge on any atom is 1.00 e. The summed E-state index contributed by atoms with van der Waals surface area (Å²) in [6.07, 6.45) is 0. The van der Waals surface area contributed by atoms with Gasteiger partial charge in [0.2, 0.25) is 0 Å². The zero-order valence-electron chi connectivity index (χ0n) is 6.60. The Kier molecular flexibility index (Phi) is 4.50. The normalized spacial score (nSPS) is 10.4. The Labute approximate surface area is 96.0 Å². The van der Waals surface area contributed by atoms with Crippen LogP contribution in [0.15, 0.2) is 29.2 Å². The molecule has 7 heteroatoms. The molecule has 1 N–H and O–H groups in total. The smallest absolute Gasteiger partial charge is 0.545 e. The summed E-state index contributed by atoms with van der Waals surface area (Å²) in [5.41, 5.74) is -0.551. The maximum absolute atomic E-state index is 10.6. The second-order valence-corrected chi connectivity index (χ2v) is 3.65. The van der Waals surface area contributed by atoms with E-state index in [2.05, 4.69) is 0 Å². The molecule has 0 saturated carbocycles. The van der Waals surface area contributed by atoms with Crippen molar-refractivity contribution >= 4 is 16.1 Å². The van der Waals surface area contributed by atoms with E-state index in [-0.39, 0.29) is 22.4 Å². The van der Waals surface area contributed by atoms with E-state index in [4.69, 9.17) is 4.55 Å². The molecule has 1 aromatic carbocycles. The molecule has 0 unspecified atom stereocenters. The quantitative estimate of drug-likeness (QED) is 0.575. The predicted molar refractivity (Wildman–Crippen MR) is 40.6 cm³/mol. The van der Waals surface area contributed by atoms with Crippen LogP contribution >= 0.6 is 0 Å². The maximum atomic E-state index is 10.6. The van der Waals surface area contributed by atoms with Crippen LogP contribution in [0.5, 0.6) is 0 Å². The van der Waals surface area contributed by atoms with Gasteiger partial charge in [0.15, 0.2) is 0 Å². The third-order valence-electron chi connectivity index (χ3n) is 1.38. The molecular weight excluding hydrogens is 304 g/mol. The van der Waals surface area contributed by atoms with Crippen LogP contribution in [0.4, 0.5) is 0 Å². The van der Waals surface area contributed by atoms with Gasteiger partial charge in [-0.25, -0.2) is 0 Å².